The maximum atomic E-state index is 13.5. The molecule has 8 nitrogen and oxygen atoms in total. The number of nitrogens with zero attached hydrogens (tertiary/aromatic N) is 1. The summed E-state index contributed by atoms with van der Waals surface area (Å²) in [5, 5.41) is 3.00. The lowest BCUT2D eigenvalue weighted by Gasteiger charge is -2.24. The molecule has 1 amide bonds. The van der Waals surface area contributed by atoms with Crippen molar-refractivity contribution in [3.63, 3.8) is 0 Å². The van der Waals surface area contributed by atoms with Crippen LogP contribution >= 0.6 is 11.6 Å². The second-order valence-electron chi connectivity index (χ2n) is 9.25. The molecule has 0 bridgehead atoms. The number of aryl methyl sites for hydroxylation is 3. The SMILES string of the molecule is Cc1ccc(NS(=O)(=O)c2ccc(NC(=O)CN(c3ccc(C)c(Cl)c3)S(=O)(=O)c3ccccc3)cc2)c(C)c1. The highest BCUT2D eigenvalue weighted by Gasteiger charge is 2.27. The minimum absolute atomic E-state index is 0.00746. The predicted molar refractivity (Wildman–Crippen MR) is 159 cm³/mol. The molecule has 0 unspecified atom stereocenters. The van der Waals surface area contributed by atoms with Crippen molar-refractivity contribution < 1.29 is 21.6 Å². The number of nitrogens with one attached hydrogen (secondary N) is 2. The maximum absolute atomic E-state index is 13.5. The minimum Gasteiger partial charge on any atom is -0.325 e. The maximum Gasteiger partial charge on any atom is 0.264 e. The number of carbonyl (C=O) groups is 1. The van der Waals surface area contributed by atoms with E-state index in [-0.39, 0.29) is 15.5 Å². The van der Waals surface area contributed by atoms with Gasteiger partial charge in [0.15, 0.2) is 0 Å². The summed E-state index contributed by atoms with van der Waals surface area (Å²) in [5.74, 6) is -0.625. The van der Waals surface area contributed by atoms with Crippen LogP contribution in [0.3, 0.4) is 0 Å². The molecule has 0 radical (unpaired) electrons. The number of sulfonamides is 2. The molecule has 0 saturated heterocycles. The molecule has 208 valence electrons. The number of benzene rings is 4. The molecule has 0 aliphatic rings. The van der Waals surface area contributed by atoms with Crippen molar-refractivity contribution in [2.24, 2.45) is 0 Å². The first-order chi connectivity index (χ1) is 18.9. The average Bonchev–Trinajstić information content (AvgIpc) is 2.91. The highest BCUT2D eigenvalue weighted by molar-refractivity contribution is 7.93. The van der Waals surface area contributed by atoms with Crippen LogP contribution in [-0.2, 0) is 24.8 Å². The second kappa shape index (κ2) is 11.7. The van der Waals surface area contributed by atoms with Gasteiger partial charge in [-0.1, -0.05) is 53.6 Å². The summed E-state index contributed by atoms with van der Waals surface area (Å²) < 4.78 is 56.3. The third-order valence-corrected chi connectivity index (χ3v) is 9.71. The van der Waals surface area contributed by atoms with Crippen molar-refractivity contribution in [2.75, 3.05) is 20.9 Å². The standard InChI is InChI=1S/C29H28ClN3O5S2/c1-20-9-16-28(22(3)17-20)32-39(35,36)25-14-11-23(12-15-25)31-29(34)19-33(24-13-10-21(2)27(30)18-24)40(37,38)26-7-5-4-6-8-26/h4-18,32H,19H2,1-3H3,(H,31,34). The van der Waals surface area contributed by atoms with Crippen molar-refractivity contribution in [3.8, 4) is 0 Å². The van der Waals surface area contributed by atoms with Gasteiger partial charge < -0.3 is 5.32 Å². The summed E-state index contributed by atoms with van der Waals surface area (Å²) in [4.78, 5) is 13.1. The minimum atomic E-state index is -4.11. The highest BCUT2D eigenvalue weighted by Crippen LogP contribution is 2.28. The molecule has 0 spiro atoms. The first kappa shape index (κ1) is 29.1. The summed E-state index contributed by atoms with van der Waals surface area (Å²) >= 11 is 6.26. The van der Waals surface area contributed by atoms with Crippen LogP contribution in [0.15, 0.2) is 101 Å². The van der Waals surface area contributed by atoms with Gasteiger partial charge in [0.1, 0.15) is 6.54 Å². The van der Waals surface area contributed by atoms with Gasteiger partial charge in [0, 0.05) is 10.7 Å². The molecule has 11 heteroatoms. The third kappa shape index (κ3) is 6.64. The van der Waals surface area contributed by atoms with Crippen LogP contribution in [0.1, 0.15) is 16.7 Å². The first-order valence-electron chi connectivity index (χ1n) is 12.2. The van der Waals surface area contributed by atoms with E-state index in [9.17, 15) is 21.6 Å². The number of carbonyl (C=O) groups excluding carboxylic acids is 1. The van der Waals surface area contributed by atoms with E-state index in [2.05, 4.69) is 10.0 Å². The fraction of sp³-hybridized carbons (Fsp3) is 0.138. The van der Waals surface area contributed by atoms with E-state index in [0.717, 1.165) is 21.0 Å². The Bertz CT molecular complexity index is 1760. The lowest BCUT2D eigenvalue weighted by atomic mass is 10.1. The number of anilines is 3. The zero-order valence-corrected chi connectivity index (χ0v) is 24.4. The highest BCUT2D eigenvalue weighted by atomic mass is 35.5. The third-order valence-electron chi connectivity index (χ3n) is 6.14. The van der Waals surface area contributed by atoms with Crippen LogP contribution in [0.25, 0.3) is 0 Å². The fourth-order valence-corrected chi connectivity index (χ4v) is 6.69. The topological polar surface area (TPSA) is 113 Å². The monoisotopic (exact) mass is 597 g/mol. The van der Waals surface area contributed by atoms with Gasteiger partial charge >= 0.3 is 0 Å². The summed E-state index contributed by atoms with van der Waals surface area (Å²) in [6.07, 6.45) is 0. The Morgan fingerprint density at radius 2 is 1.45 bits per heavy atom. The Kier molecular flexibility index (Phi) is 8.53. The molecule has 0 aliphatic heterocycles. The van der Waals surface area contributed by atoms with E-state index in [1.807, 2.05) is 26.0 Å². The number of halogens is 1. The normalized spacial score (nSPS) is 11.6. The van der Waals surface area contributed by atoms with E-state index < -0.39 is 32.5 Å². The molecule has 0 fully saturated rings. The van der Waals surface area contributed by atoms with Gasteiger partial charge in [-0.05, 0) is 86.5 Å². The molecule has 4 rings (SSSR count). The van der Waals surface area contributed by atoms with Crippen LogP contribution < -0.4 is 14.3 Å². The van der Waals surface area contributed by atoms with Crippen LogP contribution in [0.2, 0.25) is 5.02 Å². The van der Waals surface area contributed by atoms with E-state index in [0.29, 0.717) is 16.4 Å². The molecule has 0 atom stereocenters. The molecular weight excluding hydrogens is 570 g/mol. The largest absolute Gasteiger partial charge is 0.325 e. The zero-order valence-electron chi connectivity index (χ0n) is 22.1. The Labute approximate surface area is 239 Å². The Morgan fingerprint density at radius 3 is 2.08 bits per heavy atom. The molecule has 4 aromatic carbocycles. The van der Waals surface area contributed by atoms with Gasteiger partial charge in [-0.25, -0.2) is 16.8 Å². The summed E-state index contributed by atoms with van der Waals surface area (Å²) in [6.45, 7) is 4.99. The quantitative estimate of drug-likeness (QED) is 0.249. The van der Waals surface area contributed by atoms with E-state index >= 15 is 0 Å². The summed E-state index contributed by atoms with van der Waals surface area (Å²) in [5.41, 5.74) is 3.56. The Morgan fingerprint density at radius 1 is 0.775 bits per heavy atom. The molecule has 0 heterocycles. The van der Waals surface area contributed by atoms with Crippen LogP contribution in [0, 0.1) is 20.8 Å². The molecule has 40 heavy (non-hydrogen) atoms. The molecule has 0 aromatic heterocycles. The number of hydrogen-bond acceptors (Lipinski definition) is 5. The number of amides is 1. The van der Waals surface area contributed by atoms with Gasteiger partial charge in [-0.15, -0.1) is 0 Å². The lowest BCUT2D eigenvalue weighted by Crippen LogP contribution is -2.38. The Hall–Kier alpha value is -3.86. The smallest absolute Gasteiger partial charge is 0.264 e. The van der Waals surface area contributed by atoms with Crippen LogP contribution in [0.4, 0.5) is 17.1 Å². The lowest BCUT2D eigenvalue weighted by molar-refractivity contribution is -0.114. The van der Waals surface area contributed by atoms with Gasteiger partial charge in [0.05, 0.1) is 21.2 Å². The molecular formula is C29H28ClN3O5S2. The van der Waals surface area contributed by atoms with Gasteiger partial charge in [0.25, 0.3) is 20.0 Å². The van der Waals surface area contributed by atoms with E-state index in [1.54, 1.807) is 43.3 Å². The van der Waals surface area contributed by atoms with E-state index in [1.165, 1.54) is 42.5 Å². The van der Waals surface area contributed by atoms with Gasteiger partial charge in [-0.2, -0.15) is 0 Å². The summed E-state index contributed by atoms with van der Waals surface area (Å²) in [7, 11) is -7.98. The first-order valence-corrected chi connectivity index (χ1v) is 15.5. The fourth-order valence-electron chi connectivity index (χ4n) is 3.95. The van der Waals surface area contributed by atoms with E-state index in [4.69, 9.17) is 11.6 Å². The van der Waals surface area contributed by atoms with Crippen molar-refractivity contribution in [1.29, 1.82) is 0 Å². The molecule has 0 saturated carbocycles. The van der Waals surface area contributed by atoms with Crippen molar-refractivity contribution in [1.82, 2.24) is 0 Å². The summed E-state index contributed by atoms with van der Waals surface area (Å²) in [6, 6.07) is 23.5. The Balaban J connectivity index is 1.54. The van der Waals surface area contributed by atoms with Crippen molar-refractivity contribution in [3.05, 3.63) is 113 Å². The molecule has 2 N–H and O–H groups in total. The second-order valence-corrected chi connectivity index (χ2v) is 13.2. The van der Waals surface area contributed by atoms with Gasteiger partial charge in [0.2, 0.25) is 5.91 Å². The number of hydrogen-bond donors (Lipinski definition) is 2. The predicted octanol–water partition coefficient (Wildman–Crippen LogP) is 5.90. The van der Waals surface area contributed by atoms with Crippen molar-refractivity contribution in [2.45, 2.75) is 30.6 Å². The zero-order chi connectivity index (χ0) is 29.1. The molecule has 0 aliphatic carbocycles. The van der Waals surface area contributed by atoms with Crippen molar-refractivity contribution >= 4 is 54.6 Å². The van der Waals surface area contributed by atoms with Crippen LogP contribution in [-0.4, -0.2) is 29.3 Å². The molecule has 4 aromatic rings. The number of rotatable bonds is 9. The van der Waals surface area contributed by atoms with Crippen LogP contribution in [0.5, 0.6) is 0 Å². The average molecular weight is 598 g/mol. The van der Waals surface area contributed by atoms with Gasteiger partial charge in [-0.3, -0.25) is 13.8 Å².